The number of aryl methyl sites for hydroxylation is 1. The minimum atomic E-state index is -0.348. The summed E-state index contributed by atoms with van der Waals surface area (Å²) in [5.41, 5.74) is 8.24. The maximum absolute atomic E-state index is 14.3. The number of nitrogens with zero attached hydrogens (tertiary/aromatic N) is 1. The molecule has 1 heterocycles. The molecule has 1 aromatic heterocycles. The lowest BCUT2D eigenvalue weighted by Crippen LogP contribution is -1.92. The third-order valence-corrected chi connectivity index (χ3v) is 3.64. The number of aromatic nitrogens is 1. The van der Waals surface area contributed by atoms with Crippen LogP contribution in [0.4, 0.5) is 10.3 Å². The highest BCUT2D eigenvalue weighted by molar-refractivity contribution is 6.33. The van der Waals surface area contributed by atoms with Crippen LogP contribution in [0, 0.1) is 12.7 Å². The quantitative estimate of drug-likeness (QED) is 0.747. The first kappa shape index (κ1) is 13.6. The first-order valence-electron chi connectivity index (χ1n) is 6.35. The summed E-state index contributed by atoms with van der Waals surface area (Å²) < 4.78 is 19.4. The van der Waals surface area contributed by atoms with E-state index in [0.717, 1.165) is 0 Å². The Hall–Kier alpha value is -2.33. The molecule has 0 bridgehead atoms. The number of hydrogen-bond donors (Lipinski definition) is 1. The molecule has 0 unspecified atom stereocenters. The van der Waals surface area contributed by atoms with E-state index in [1.165, 1.54) is 0 Å². The Balaban J connectivity index is 2.28. The van der Waals surface area contributed by atoms with Crippen LogP contribution in [-0.2, 0) is 0 Å². The Morgan fingerprint density at radius 2 is 1.81 bits per heavy atom. The number of anilines is 1. The zero-order valence-electron chi connectivity index (χ0n) is 11.2. The molecule has 21 heavy (non-hydrogen) atoms. The van der Waals surface area contributed by atoms with E-state index in [4.69, 9.17) is 21.9 Å². The highest BCUT2D eigenvalue weighted by atomic mass is 35.5. The normalized spacial score (nSPS) is 10.8. The molecule has 0 saturated carbocycles. The van der Waals surface area contributed by atoms with Crippen molar-refractivity contribution >= 4 is 17.5 Å². The van der Waals surface area contributed by atoms with Gasteiger partial charge in [0.2, 0.25) is 5.88 Å². The van der Waals surface area contributed by atoms with E-state index >= 15 is 0 Å². The average molecular weight is 303 g/mol. The van der Waals surface area contributed by atoms with E-state index in [0.29, 0.717) is 33.0 Å². The van der Waals surface area contributed by atoms with Gasteiger partial charge >= 0.3 is 0 Å². The van der Waals surface area contributed by atoms with Crippen LogP contribution in [0.15, 0.2) is 47.0 Å². The summed E-state index contributed by atoms with van der Waals surface area (Å²) in [6.07, 6.45) is 0. The molecule has 2 aromatic carbocycles. The first-order chi connectivity index (χ1) is 10.1. The van der Waals surface area contributed by atoms with Gasteiger partial charge in [0.05, 0.1) is 5.56 Å². The minimum Gasteiger partial charge on any atom is -0.367 e. The van der Waals surface area contributed by atoms with Crippen molar-refractivity contribution in [3.8, 4) is 22.4 Å². The average Bonchev–Trinajstić information content (AvgIpc) is 2.84. The van der Waals surface area contributed by atoms with Gasteiger partial charge in [0.25, 0.3) is 0 Å². The van der Waals surface area contributed by atoms with Gasteiger partial charge in [-0.2, -0.15) is 0 Å². The molecule has 3 rings (SSSR count). The largest absolute Gasteiger partial charge is 0.367 e. The van der Waals surface area contributed by atoms with Gasteiger partial charge in [0, 0.05) is 16.1 Å². The maximum atomic E-state index is 14.3. The molecule has 0 amide bonds. The molecule has 5 heteroatoms. The third-order valence-electron chi connectivity index (χ3n) is 3.31. The molecular weight excluding hydrogens is 291 g/mol. The molecule has 0 spiro atoms. The Labute approximate surface area is 126 Å². The van der Waals surface area contributed by atoms with Crippen LogP contribution in [0.5, 0.6) is 0 Å². The summed E-state index contributed by atoms with van der Waals surface area (Å²) in [4.78, 5) is 0. The minimum absolute atomic E-state index is 0.110. The second kappa shape index (κ2) is 5.22. The van der Waals surface area contributed by atoms with E-state index in [-0.39, 0.29) is 11.7 Å². The lowest BCUT2D eigenvalue weighted by molar-refractivity contribution is 0.439. The van der Waals surface area contributed by atoms with Crippen molar-refractivity contribution in [1.29, 1.82) is 0 Å². The van der Waals surface area contributed by atoms with Gasteiger partial charge in [-0.05, 0) is 24.6 Å². The number of hydrogen-bond acceptors (Lipinski definition) is 3. The molecule has 0 aliphatic heterocycles. The van der Waals surface area contributed by atoms with E-state index in [1.54, 1.807) is 37.3 Å². The summed E-state index contributed by atoms with van der Waals surface area (Å²) >= 11 is 6.20. The van der Waals surface area contributed by atoms with E-state index in [9.17, 15) is 4.39 Å². The van der Waals surface area contributed by atoms with Gasteiger partial charge in [-0.3, -0.25) is 0 Å². The molecule has 3 nitrogen and oxygen atoms in total. The molecular formula is C16H12ClFN2O. The number of rotatable bonds is 2. The summed E-state index contributed by atoms with van der Waals surface area (Å²) in [7, 11) is 0. The van der Waals surface area contributed by atoms with Crippen molar-refractivity contribution in [1.82, 2.24) is 5.16 Å². The number of nitrogens with two attached hydrogens (primary N) is 1. The van der Waals surface area contributed by atoms with Gasteiger partial charge in [-0.15, -0.1) is 0 Å². The Kier molecular flexibility index (Phi) is 3.39. The smallest absolute Gasteiger partial charge is 0.230 e. The SMILES string of the molecule is Cc1cccc(-c2noc(N)c2-c2ccccc2Cl)c1F. The molecule has 3 aromatic rings. The molecule has 2 N–H and O–H groups in total. The lowest BCUT2D eigenvalue weighted by Gasteiger charge is -2.07. The maximum Gasteiger partial charge on any atom is 0.230 e. The Morgan fingerprint density at radius 3 is 2.57 bits per heavy atom. The second-order valence-electron chi connectivity index (χ2n) is 4.69. The molecule has 0 aliphatic carbocycles. The highest BCUT2D eigenvalue weighted by Crippen LogP contribution is 2.40. The van der Waals surface area contributed by atoms with E-state index < -0.39 is 0 Å². The van der Waals surface area contributed by atoms with Crippen LogP contribution in [0.3, 0.4) is 0 Å². The summed E-state index contributed by atoms with van der Waals surface area (Å²) in [5, 5.41) is 4.41. The van der Waals surface area contributed by atoms with E-state index in [2.05, 4.69) is 5.16 Å². The molecule has 106 valence electrons. The fourth-order valence-electron chi connectivity index (χ4n) is 2.24. The summed E-state index contributed by atoms with van der Waals surface area (Å²) in [6.45, 7) is 1.69. The lowest BCUT2D eigenvalue weighted by atomic mass is 9.99. The monoisotopic (exact) mass is 302 g/mol. The number of nitrogen functional groups attached to an aromatic ring is 1. The summed E-state index contributed by atoms with van der Waals surface area (Å²) in [5.74, 6) is -0.238. The Morgan fingerprint density at radius 1 is 1.10 bits per heavy atom. The molecule has 0 atom stereocenters. The van der Waals surface area contributed by atoms with Crippen molar-refractivity contribution < 1.29 is 8.91 Å². The molecule has 0 radical (unpaired) electrons. The van der Waals surface area contributed by atoms with Crippen LogP contribution in [-0.4, -0.2) is 5.16 Å². The highest BCUT2D eigenvalue weighted by Gasteiger charge is 2.22. The molecule has 0 aliphatic rings. The standard InChI is InChI=1S/C16H12ClFN2O/c1-9-5-4-7-11(14(9)18)15-13(16(19)21-20-15)10-6-2-3-8-12(10)17/h2-8H,19H2,1H3. The van der Waals surface area contributed by atoms with Crippen LogP contribution in [0.25, 0.3) is 22.4 Å². The van der Waals surface area contributed by atoms with Crippen molar-refractivity contribution in [2.75, 3.05) is 5.73 Å². The predicted octanol–water partition coefficient (Wildman–Crippen LogP) is 4.69. The zero-order chi connectivity index (χ0) is 15.0. The van der Waals surface area contributed by atoms with Crippen LogP contribution < -0.4 is 5.73 Å². The zero-order valence-corrected chi connectivity index (χ0v) is 12.0. The van der Waals surface area contributed by atoms with Crippen molar-refractivity contribution in [3.63, 3.8) is 0 Å². The van der Waals surface area contributed by atoms with Gasteiger partial charge in [0.1, 0.15) is 11.5 Å². The van der Waals surface area contributed by atoms with Gasteiger partial charge in [-0.1, -0.05) is 47.1 Å². The van der Waals surface area contributed by atoms with Gasteiger partial charge < -0.3 is 10.3 Å². The van der Waals surface area contributed by atoms with Crippen molar-refractivity contribution in [3.05, 3.63) is 58.9 Å². The van der Waals surface area contributed by atoms with E-state index in [1.807, 2.05) is 12.1 Å². The topological polar surface area (TPSA) is 52.0 Å². The first-order valence-corrected chi connectivity index (χ1v) is 6.73. The summed E-state index contributed by atoms with van der Waals surface area (Å²) in [6, 6.07) is 12.3. The molecule has 0 fully saturated rings. The van der Waals surface area contributed by atoms with Crippen LogP contribution in [0.2, 0.25) is 5.02 Å². The van der Waals surface area contributed by atoms with Gasteiger partial charge in [-0.25, -0.2) is 4.39 Å². The fraction of sp³-hybridized carbons (Fsp3) is 0.0625. The van der Waals surface area contributed by atoms with Crippen LogP contribution in [0.1, 0.15) is 5.56 Å². The predicted molar refractivity (Wildman–Crippen MR) is 81.5 cm³/mol. The number of benzene rings is 2. The van der Waals surface area contributed by atoms with Crippen molar-refractivity contribution in [2.24, 2.45) is 0 Å². The molecule has 0 saturated heterocycles. The second-order valence-corrected chi connectivity index (χ2v) is 5.09. The van der Waals surface area contributed by atoms with Gasteiger partial charge in [0.15, 0.2) is 0 Å². The third kappa shape index (κ3) is 2.28. The van der Waals surface area contributed by atoms with Crippen molar-refractivity contribution in [2.45, 2.75) is 6.92 Å². The Bertz CT molecular complexity index is 814. The number of halogens is 2. The van der Waals surface area contributed by atoms with Crippen LogP contribution >= 0.6 is 11.6 Å². The fourth-order valence-corrected chi connectivity index (χ4v) is 2.47.